The highest BCUT2D eigenvalue weighted by Gasteiger charge is 2.22. The summed E-state index contributed by atoms with van der Waals surface area (Å²) in [7, 11) is 3.79. The van der Waals surface area contributed by atoms with Gasteiger partial charge < -0.3 is 19.7 Å². The molecule has 1 aromatic heterocycles. The number of aromatic nitrogens is 1. The Hall–Kier alpha value is -2.87. The van der Waals surface area contributed by atoms with Crippen molar-refractivity contribution in [2.45, 2.75) is 43.5 Å². The molecule has 1 N–H and O–H groups in total. The fourth-order valence-electron chi connectivity index (χ4n) is 4.49. The first kappa shape index (κ1) is 27.2. The second kappa shape index (κ2) is 14.2. The van der Waals surface area contributed by atoms with Gasteiger partial charge in [-0.05, 0) is 49.1 Å². The average molecular weight is 521 g/mol. The molecule has 0 aliphatic carbocycles. The molecule has 0 fully saturated rings. The van der Waals surface area contributed by atoms with Crippen molar-refractivity contribution < 1.29 is 18.8 Å². The maximum atomic E-state index is 12.1. The fraction of sp³-hybridized carbons (Fsp3) is 0.400. The maximum Gasteiger partial charge on any atom is 0.219 e. The number of benzene rings is 2. The Labute approximate surface area is 224 Å². The summed E-state index contributed by atoms with van der Waals surface area (Å²) in [5.74, 6) is 0.129. The zero-order valence-electron chi connectivity index (χ0n) is 21.9. The Morgan fingerprint density at radius 3 is 2.70 bits per heavy atom. The van der Waals surface area contributed by atoms with E-state index in [0.29, 0.717) is 32.8 Å². The van der Waals surface area contributed by atoms with Gasteiger partial charge in [0.05, 0.1) is 29.3 Å². The van der Waals surface area contributed by atoms with Crippen LogP contribution in [0.25, 0.3) is 17.0 Å². The molecule has 1 aliphatic heterocycles. The summed E-state index contributed by atoms with van der Waals surface area (Å²) in [5.41, 5.74) is 3.73. The van der Waals surface area contributed by atoms with E-state index in [1.54, 1.807) is 7.11 Å². The summed E-state index contributed by atoms with van der Waals surface area (Å²) < 4.78 is 12.7. The van der Waals surface area contributed by atoms with Crippen molar-refractivity contribution in [3.8, 4) is 0 Å². The molecule has 1 aliphatic rings. The number of methoxy groups -OCH3 is 1. The molecule has 37 heavy (non-hydrogen) atoms. The number of nitrogens with zero attached hydrogens (tertiary/aromatic N) is 2. The van der Waals surface area contributed by atoms with E-state index in [1.165, 1.54) is 32.1 Å². The molecule has 0 bridgehead atoms. The molecule has 3 aromatic rings. The average Bonchev–Trinajstić information content (AvgIpc) is 3.24. The summed E-state index contributed by atoms with van der Waals surface area (Å²) >= 11 is 1.82. The van der Waals surface area contributed by atoms with Gasteiger partial charge in [0.2, 0.25) is 11.4 Å². The molecule has 2 aromatic carbocycles. The molecule has 0 spiro atoms. The van der Waals surface area contributed by atoms with Gasteiger partial charge in [-0.3, -0.25) is 4.79 Å². The van der Waals surface area contributed by atoms with E-state index in [2.05, 4.69) is 88.7 Å². The van der Waals surface area contributed by atoms with Crippen LogP contribution in [0.5, 0.6) is 0 Å². The number of hydrogen-bond acceptors (Lipinski definition) is 5. The van der Waals surface area contributed by atoms with Crippen LogP contribution in [0.2, 0.25) is 0 Å². The van der Waals surface area contributed by atoms with Crippen molar-refractivity contribution in [1.29, 1.82) is 0 Å². The van der Waals surface area contributed by atoms with Crippen molar-refractivity contribution in [2.24, 2.45) is 0 Å². The highest BCUT2D eigenvalue weighted by molar-refractivity contribution is 8.03. The minimum absolute atomic E-state index is 0.129. The SMILES string of the molecule is COCCOCCCNC(=O)CCCCC[n+]1ccc(C=C2Sc3ccccc3N2C)c2ccccc21. The minimum atomic E-state index is 0.129. The Balaban J connectivity index is 1.25. The maximum absolute atomic E-state index is 12.1. The number of aryl methyl sites for hydroxylation is 1. The number of unbranched alkanes of at least 4 members (excludes halogenated alkanes) is 2. The van der Waals surface area contributed by atoms with Gasteiger partial charge in [0.25, 0.3) is 0 Å². The zero-order chi connectivity index (χ0) is 25.9. The lowest BCUT2D eigenvalue weighted by molar-refractivity contribution is -0.671. The first-order chi connectivity index (χ1) is 18.2. The van der Waals surface area contributed by atoms with Crippen LogP contribution < -0.4 is 14.8 Å². The number of rotatable bonds is 14. The molecule has 2 heterocycles. The Kier molecular flexibility index (Phi) is 10.4. The van der Waals surface area contributed by atoms with Gasteiger partial charge in [-0.1, -0.05) is 36.0 Å². The van der Waals surface area contributed by atoms with Crippen LogP contribution in [0.1, 0.15) is 37.7 Å². The number of carbonyl (C=O) groups excluding carboxylic acids is 1. The van der Waals surface area contributed by atoms with Crippen LogP contribution in [-0.4, -0.2) is 46.4 Å². The van der Waals surface area contributed by atoms with Crippen LogP contribution in [0, 0.1) is 0 Å². The third-order valence-electron chi connectivity index (χ3n) is 6.53. The van der Waals surface area contributed by atoms with Crippen LogP contribution in [0.4, 0.5) is 5.69 Å². The zero-order valence-corrected chi connectivity index (χ0v) is 22.8. The number of fused-ring (bicyclic) bond motifs is 2. The monoisotopic (exact) mass is 520 g/mol. The molecule has 1 amide bonds. The van der Waals surface area contributed by atoms with Gasteiger partial charge in [0, 0.05) is 57.2 Å². The molecular formula is C30H38N3O3S+. The molecule has 0 radical (unpaired) electrons. The first-order valence-corrected chi connectivity index (χ1v) is 14.0. The normalized spacial score (nSPS) is 13.9. The third kappa shape index (κ3) is 7.57. The Bertz CT molecular complexity index is 1210. The quantitative estimate of drug-likeness (QED) is 0.228. The van der Waals surface area contributed by atoms with Crippen molar-refractivity contribution in [3.63, 3.8) is 0 Å². The number of pyridine rings is 1. The smallest absolute Gasteiger partial charge is 0.219 e. The minimum Gasteiger partial charge on any atom is -0.382 e. The Morgan fingerprint density at radius 2 is 1.84 bits per heavy atom. The number of anilines is 1. The number of para-hydroxylation sites is 2. The number of thioether (sulfide) groups is 1. The molecule has 0 unspecified atom stereocenters. The summed E-state index contributed by atoms with van der Waals surface area (Å²) in [6.07, 6.45) is 8.88. The van der Waals surface area contributed by atoms with E-state index in [-0.39, 0.29) is 5.91 Å². The van der Waals surface area contributed by atoms with Crippen molar-refractivity contribution in [3.05, 3.63) is 71.4 Å². The third-order valence-corrected chi connectivity index (χ3v) is 7.70. The molecule has 0 saturated heterocycles. The predicted octanol–water partition coefficient (Wildman–Crippen LogP) is 5.40. The first-order valence-electron chi connectivity index (χ1n) is 13.1. The van der Waals surface area contributed by atoms with Crippen LogP contribution in [0.3, 0.4) is 0 Å². The molecule has 0 saturated carbocycles. The molecule has 0 atom stereocenters. The molecule has 7 heteroatoms. The van der Waals surface area contributed by atoms with Gasteiger partial charge >= 0.3 is 0 Å². The molecule has 4 rings (SSSR count). The second-order valence-electron chi connectivity index (χ2n) is 9.21. The van der Waals surface area contributed by atoms with Gasteiger partial charge in [0.1, 0.15) is 6.54 Å². The molecule has 196 valence electrons. The molecule has 6 nitrogen and oxygen atoms in total. The Morgan fingerprint density at radius 1 is 1.00 bits per heavy atom. The van der Waals surface area contributed by atoms with E-state index >= 15 is 0 Å². The van der Waals surface area contributed by atoms with E-state index in [0.717, 1.165) is 32.2 Å². The lowest BCUT2D eigenvalue weighted by Crippen LogP contribution is -2.34. The summed E-state index contributed by atoms with van der Waals surface area (Å²) in [5, 5.41) is 5.48. The summed E-state index contributed by atoms with van der Waals surface area (Å²) in [6, 6.07) is 19.4. The van der Waals surface area contributed by atoms with Crippen molar-refractivity contribution in [1.82, 2.24) is 5.32 Å². The van der Waals surface area contributed by atoms with Crippen molar-refractivity contribution in [2.75, 3.05) is 45.4 Å². The second-order valence-corrected chi connectivity index (χ2v) is 10.3. The number of ether oxygens (including phenoxy) is 2. The lowest BCUT2D eigenvalue weighted by Gasteiger charge is -2.13. The number of amides is 1. The van der Waals surface area contributed by atoms with Crippen molar-refractivity contribution >= 4 is 40.3 Å². The van der Waals surface area contributed by atoms with Crippen LogP contribution >= 0.6 is 11.8 Å². The summed E-state index contributed by atoms with van der Waals surface area (Å²) in [6.45, 7) is 3.46. The summed E-state index contributed by atoms with van der Waals surface area (Å²) in [4.78, 5) is 15.6. The highest BCUT2D eigenvalue weighted by Crippen LogP contribution is 2.45. The van der Waals surface area contributed by atoms with Gasteiger partial charge in [-0.2, -0.15) is 4.57 Å². The number of hydrogen-bond donors (Lipinski definition) is 1. The van der Waals surface area contributed by atoms with E-state index in [9.17, 15) is 4.79 Å². The largest absolute Gasteiger partial charge is 0.382 e. The standard InChI is InChI=1S/C30H37N3O3S/c1-32-27-13-7-8-14-28(27)37-30(32)23-24-16-19-33(26-12-6-5-11-25(24)26)18-9-3-4-15-29(34)31-17-10-20-36-22-21-35-2/h5-8,11-14,16,19,23H,3-4,9-10,15,17-18,20-22H2,1-2H3/p+1. The van der Waals surface area contributed by atoms with Gasteiger partial charge in [0.15, 0.2) is 6.20 Å². The van der Waals surface area contributed by atoms with Gasteiger partial charge in [-0.25, -0.2) is 0 Å². The number of carbonyl (C=O) groups is 1. The van der Waals surface area contributed by atoms with Crippen LogP contribution in [0.15, 0.2) is 70.7 Å². The topological polar surface area (TPSA) is 54.7 Å². The number of nitrogens with one attached hydrogen (secondary N) is 1. The predicted molar refractivity (Wildman–Crippen MR) is 152 cm³/mol. The van der Waals surface area contributed by atoms with E-state index < -0.39 is 0 Å². The fourth-order valence-corrected chi connectivity index (χ4v) is 5.59. The van der Waals surface area contributed by atoms with Gasteiger partial charge in [-0.15, -0.1) is 0 Å². The van der Waals surface area contributed by atoms with Crippen LogP contribution in [-0.2, 0) is 20.8 Å². The highest BCUT2D eigenvalue weighted by atomic mass is 32.2. The lowest BCUT2D eigenvalue weighted by atomic mass is 10.1. The van der Waals surface area contributed by atoms with E-state index in [4.69, 9.17) is 9.47 Å². The van der Waals surface area contributed by atoms with E-state index in [1.807, 2.05) is 11.8 Å². The molecular weight excluding hydrogens is 482 g/mol.